The highest BCUT2D eigenvalue weighted by Gasteiger charge is 2.09. The lowest BCUT2D eigenvalue weighted by Gasteiger charge is -1.92. The fourth-order valence-electron chi connectivity index (χ4n) is 1.23. The highest BCUT2D eigenvalue weighted by atomic mass is 79.9. The number of pyridine rings is 1. The Bertz CT molecular complexity index is 441. The van der Waals surface area contributed by atoms with Gasteiger partial charge in [-0.25, -0.2) is 4.98 Å². The average molecular weight is 284 g/mol. The third kappa shape index (κ3) is 2.42. The molecule has 0 atom stereocenters. The van der Waals surface area contributed by atoms with E-state index in [-0.39, 0.29) is 0 Å². The number of hydrogen-bond acceptors (Lipinski definition) is 4. The van der Waals surface area contributed by atoms with E-state index in [0.29, 0.717) is 6.54 Å². The van der Waals surface area contributed by atoms with Gasteiger partial charge in [0.05, 0.1) is 0 Å². The van der Waals surface area contributed by atoms with Gasteiger partial charge in [0.15, 0.2) is 0 Å². The molecule has 2 heterocycles. The van der Waals surface area contributed by atoms with E-state index in [9.17, 15) is 0 Å². The minimum atomic E-state index is 0.646. The molecule has 0 aliphatic carbocycles. The summed E-state index contributed by atoms with van der Waals surface area (Å²) in [6, 6.07) is 3.91. The first-order valence-electron chi connectivity index (χ1n) is 4.57. The molecule has 0 radical (unpaired) electrons. The zero-order chi connectivity index (χ0) is 10.7. The molecule has 0 fully saturated rings. The van der Waals surface area contributed by atoms with Crippen LogP contribution in [0.2, 0.25) is 0 Å². The SMILES string of the molecule is NCCc1sc(-c2cccnc2)nc1Br. The van der Waals surface area contributed by atoms with Crippen molar-refractivity contribution in [2.75, 3.05) is 6.54 Å². The fourth-order valence-corrected chi connectivity index (χ4v) is 2.93. The van der Waals surface area contributed by atoms with Crippen LogP contribution in [-0.4, -0.2) is 16.5 Å². The lowest BCUT2D eigenvalue weighted by Crippen LogP contribution is -2.01. The van der Waals surface area contributed by atoms with Crippen molar-refractivity contribution in [3.8, 4) is 10.6 Å². The van der Waals surface area contributed by atoms with Crippen LogP contribution in [0, 0.1) is 0 Å². The first-order valence-corrected chi connectivity index (χ1v) is 6.18. The molecule has 0 bridgehead atoms. The first kappa shape index (κ1) is 10.7. The highest BCUT2D eigenvalue weighted by molar-refractivity contribution is 9.10. The van der Waals surface area contributed by atoms with Crippen molar-refractivity contribution in [1.29, 1.82) is 0 Å². The molecule has 5 heteroatoms. The van der Waals surface area contributed by atoms with Crippen LogP contribution in [0.25, 0.3) is 10.6 Å². The molecule has 2 aromatic rings. The molecule has 0 saturated carbocycles. The van der Waals surface area contributed by atoms with Gasteiger partial charge in [-0.15, -0.1) is 11.3 Å². The van der Waals surface area contributed by atoms with Crippen molar-refractivity contribution >= 4 is 27.3 Å². The number of halogens is 1. The van der Waals surface area contributed by atoms with E-state index in [2.05, 4.69) is 25.9 Å². The number of nitrogens with two attached hydrogens (primary N) is 1. The average Bonchev–Trinajstić information content (AvgIpc) is 2.63. The molecule has 0 aliphatic heterocycles. The maximum atomic E-state index is 5.52. The van der Waals surface area contributed by atoms with Crippen LogP contribution in [0.15, 0.2) is 29.1 Å². The monoisotopic (exact) mass is 283 g/mol. The largest absolute Gasteiger partial charge is 0.330 e. The molecule has 2 aromatic heterocycles. The normalized spacial score (nSPS) is 10.5. The van der Waals surface area contributed by atoms with E-state index in [0.717, 1.165) is 21.6 Å². The molecule has 0 unspecified atom stereocenters. The summed E-state index contributed by atoms with van der Waals surface area (Å²) in [6.45, 7) is 0.646. The summed E-state index contributed by atoms with van der Waals surface area (Å²) in [7, 11) is 0. The van der Waals surface area contributed by atoms with Crippen LogP contribution >= 0.6 is 27.3 Å². The van der Waals surface area contributed by atoms with Crippen LogP contribution in [0.3, 0.4) is 0 Å². The molecule has 15 heavy (non-hydrogen) atoms. The summed E-state index contributed by atoms with van der Waals surface area (Å²) in [4.78, 5) is 9.70. The smallest absolute Gasteiger partial charge is 0.126 e. The molecule has 0 aromatic carbocycles. The Balaban J connectivity index is 2.34. The molecule has 0 aliphatic rings. The van der Waals surface area contributed by atoms with E-state index in [1.165, 1.54) is 4.88 Å². The minimum absolute atomic E-state index is 0.646. The number of nitrogens with zero attached hydrogens (tertiary/aromatic N) is 2. The van der Waals surface area contributed by atoms with E-state index in [1.807, 2.05) is 18.3 Å². The Hall–Kier alpha value is -0.780. The molecule has 0 saturated heterocycles. The second kappa shape index (κ2) is 4.83. The third-order valence-corrected chi connectivity index (χ3v) is 4.01. The standard InChI is InChI=1S/C10H10BrN3S/c11-9-8(3-4-12)15-10(14-9)7-2-1-5-13-6-7/h1-2,5-6H,3-4,12H2. The topological polar surface area (TPSA) is 51.8 Å². The highest BCUT2D eigenvalue weighted by Crippen LogP contribution is 2.30. The van der Waals surface area contributed by atoms with Crippen LogP contribution in [0.4, 0.5) is 0 Å². The van der Waals surface area contributed by atoms with Gasteiger partial charge in [0.1, 0.15) is 9.61 Å². The van der Waals surface area contributed by atoms with Crippen LogP contribution in [-0.2, 0) is 6.42 Å². The maximum Gasteiger partial charge on any atom is 0.126 e. The number of thiazole rings is 1. The predicted molar refractivity (Wildman–Crippen MR) is 65.8 cm³/mol. The van der Waals surface area contributed by atoms with E-state index in [1.54, 1.807) is 17.5 Å². The van der Waals surface area contributed by atoms with Crippen molar-refractivity contribution in [3.05, 3.63) is 34.0 Å². The van der Waals surface area contributed by atoms with E-state index >= 15 is 0 Å². The Morgan fingerprint density at radius 1 is 1.47 bits per heavy atom. The lowest BCUT2D eigenvalue weighted by atomic mass is 10.3. The van der Waals surface area contributed by atoms with Gasteiger partial charge in [0.2, 0.25) is 0 Å². The minimum Gasteiger partial charge on any atom is -0.330 e. The zero-order valence-corrected chi connectivity index (χ0v) is 10.4. The van der Waals surface area contributed by atoms with Gasteiger partial charge >= 0.3 is 0 Å². The van der Waals surface area contributed by atoms with Gasteiger partial charge in [0, 0.05) is 22.8 Å². The van der Waals surface area contributed by atoms with Crippen molar-refractivity contribution in [2.45, 2.75) is 6.42 Å². The summed E-state index contributed by atoms with van der Waals surface area (Å²) in [5.74, 6) is 0. The second-order valence-corrected chi connectivity index (χ2v) is 4.85. The predicted octanol–water partition coefficient (Wildman–Crippen LogP) is 2.47. The number of rotatable bonds is 3. The van der Waals surface area contributed by atoms with E-state index in [4.69, 9.17) is 5.73 Å². The van der Waals surface area contributed by atoms with Gasteiger partial charge in [-0.3, -0.25) is 4.98 Å². The number of hydrogen-bond donors (Lipinski definition) is 1. The summed E-state index contributed by atoms with van der Waals surface area (Å²) >= 11 is 5.10. The molecule has 2 rings (SSSR count). The molecular formula is C10H10BrN3S. The van der Waals surface area contributed by atoms with Gasteiger partial charge in [-0.05, 0) is 41.0 Å². The summed E-state index contributed by atoms with van der Waals surface area (Å²) in [5, 5.41) is 0.985. The third-order valence-electron chi connectivity index (χ3n) is 1.93. The Labute approximate surface area is 101 Å². The lowest BCUT2D eigenvalue weighted by molar-refractivity contribution is 0.977. The van der Waals surface area contributed by atoms with Crippen LogP contribution in [0.1, 0.15) is 4.88 Å². The van der Waals surface area contributed by atoms with Crippen molar-refractivity contribution in [2.24, 2.45) is 5.73 Å². The molecule has 0 spiro atoms. The molecule has 78 valence electrons. The van der Waals surface area contributed by atoms with Gasteiger partial charge in [0.25, 0.3) is 0 Å². The molecule has 3 nitrogen and oxygen atoms in total. The van der Waals surface area contributed by atoms with Crippen molar-refractivity contribution in [1.82, 2.24) is 9.97 Å². The van der Waals surface area contributed by atoms with Crippen molar-refractivity contribution in [3.63, 3.8) is 0 Å². The first-order chi connectivity index (χ1) is 7.31. The molecule has 2 N–H and O–H groups in total. The van der Waals surface area contributed by atoms with Crippen molar-refractivity contribution < 1.29 is 0 Å². The van der Waals surface area contributed by atoms with Crippen LogP contribution < -0.4 is 5.73 Å². The van der Waals surface area contributed by atoms with Gasteiger partial charge < -0.3 is 5.73 Å². The maximum absolute atomic E-state index is 5.52. The number of aromatic nitrogens is 2. The molecular weight excluding hydrogens is 274 g/mol. The molecule has 0 amide bonds. The van der Waals surface area contributed by atoms with Crippen LogP contribution in [0.5, 0.6) is 0 Å². The fraction of sp³-hybridized carbons (Fsp3) is 0.200. The van der Waals surface area contributed by atoms with Gasteiger partial charge in [-0.2, -0.15) is 0 Å². The Morgan fingerprint density at radius 3 is 3.00 bits per heavy atom. The Kier molecular flexibility index (Phi) is 3.45. The van der Waals surface area contributed by atoms with Gasteiger partial charge in [-0.1, -0.05) is 0 Å². The van der Waals surface area contributed by atoms with E-state index < -0.39 is 0 Å². The summed E-state index contributed by atoms with van der Waals surface area (Å²) in [6.07, 6.45) is 4.43. The zero-order valence-electron chi connectivity index (χ0n) is 7.98. The summed E-state index contributed by atoms with van der Waals surface area (Å²) in [5.41, 5.74) is 6.57. The summed E-state index contributed by atoms with van der Waals surface area (Å²) < 4.78 is 0.900. The second-order valence-electron chi connectivity index (χ2n) is 3.01. The Morgan fingerprint density at radius 2 is 2.33 bits per heavy atom. The quantitative estimate of drug-likeness (QED) is 0.942.